The quantitative estimate of drug-likeness (QED) is 0.608. The van der Waals surface area contributed by atoms with E-state index in [2.05, 4.69) is 5.92 Å². The van der Waals surface area contributed by atoms with Gasteiger partial charge >= 0.3 is 6.18 Å². The van der Waals surface area contributed by atoms with Crippen LogP contribution in [0, 0.1) is 25.2 Å². The highest BCUT2D eigenvalue weighted by atomic mass is 19.4. The number of halogens is 3. The highest BCUT2D eigenvalue weighted by Gasteiger charge is 2.40. The standard InChI is InChI=1S/C9H10F3NO.C5H6/c1-5-2-3-7(13)6(4-5)8(14)9(10,11)12;1-2-5-3-4-5/h2-4,8,14H,13H2,1H3;1,5H,3-4H2. The molecule has 0 aliphatic heterocycles. The van der Waals surface area contributed by atoms with Crippen LogP contribution in [0.2, 0.25) is 0 Å². The van der Waals surface area contributed by atoms with Crippen LogP contribution >= 0.6 is 0 Å². The van der Waals surface area contributed by atoms with Gasteiger partial charge in [0, 0.05) is 17.2 Å². The average molecular weight is 271 g/mol. The summed E-state index contributed by atoms with van der Waals surface area (Å²) in [7, 11) is 0. The predicted octanol–water partition coefficient (Wildman–Crippen LogP) is 3.20. The van der Waals surface area contributed by atoms with Crippen LogP contribution in [0.25, 0.3) is 0 Å². The van der Waals surface area contributed by atoms with E-state index in [1.807, 2.05) is 0 Å². The lowest BCUT2D eigenvalue weighted by Gasteiger charge is -2.16. The Hall–Kier alpha value is -1.67. The molecular weight excluding hydrogens is 255 g/mol. The third-order valence-electron chi connectivity index (χ3n) is 2.66. The van der Waals surface area contributed by atoms with Crippen molar-refractivity contribution in [1.82, 2.24) is 0 Å². The summed E-state index contributed by atoms with van der Waals surface area (Å²) < 4.78 is 36.4. The summed E-state index contributed by atoms with van der Waals surface area (Å²) in [6.45, 7) is 1.63. The Balaban J connectivity index is 0.000000300. The van der Waals surface area contributed by atoms with Crippen LogP contribution in [-0.4, -0.2) is 11.3 Å². The van der Waals surface area contributed by atoms with Crippen molar-refractivity contribution >= 4 is 5.69 Å². The number of nitrogen functional groups attached to an aromatic ring is 1. The van der Waals surface area contributed by atoms with Crippen LogP contribution in [0.1, 0.15) is 30.1 Å². The number of aliphatic hydroxyl groups is 1. The topological polar surface area (TPSA) is 46.2 Å². The van der Waals surface area contributed by atoms with Crippen molar-refractivity contribution in [3.8, 4) is 12.3 Å². The zero-order valence-electron chi connectivity index (χ0n) is 10.5. The van der Waals surface area contributed by atoms with Gasteiger partial charge in [-0.15, -0.1) is 12.3 Å². The molecule has 1 unspecified atom stereocenters. The van der Waals surface area contributed by atoms with Gasteiger partial charge in [-0.1, -0.05) is 17.7 Å². The van der Waals surface area contributed by atoms with Crippen molar-refractivity contribution in [2.45, 2.75) is 32.0 Å². The molecule has 2 rings (SSSR count). The lowest BCUT2D eigenvalue weighted by atomic mass is 10.0. The number of alkyl halides is 3. The second kappa shape index (κ2) is 5.98. The molecule has 1 atom stereocenters. The summed E-state index contributed by atoms with van der Waals surface area (Å²) in [5, 5.41) is 8.96. The van der Waals surface area contributed by atoms with Crippen molar-refractivity contribution in [3.63, 3.8) is 0 Å². The van der Waals surface area contributed by atoms with Crippen LogP contribution < -0.4 is 5.73 Å². The molecule has 1 aliphatic carbocycles. The monoisotopic (exact) mass is 271 g/mol. The SMILES string of the molecule is C#CC1CC1.Cc1ccc(N)c(C(O)C(F)(F)F)c1. The molecule has 1 aliphatic rings. The van der Waals surface area contributed by atoms with E-state index in [9.17, 15) is 13.2 Å². The maximum atomic E-state index is 12.1. The second-order valence-electron chi connectivity index (χ2n) is 4.52. The Morgan fingerprint density at radius 3 is 2.37 bits per heavy atom. The fourth-order valence-corrected chi connectivity index (χ4v) is 1.36. The molecule has 0 amide bonds. The first-order valence-electron chi connectivity index (χ1n) is 5.82. The van der Waals surface area contributed by atoms with Crippen LogP contribution in [0.4, 0.5) is 18.9 Å². The molecule has 1 fully saturated rings. The molecule has 0 spiro atoms. The molecule has 1 aromatic carbocycles. The first kappa shape index (κ1) is 15.4. The van der Waals surface area contributed by atoms with Crippen LogP contribution in [0.15, 0.2) is 18.2 Å². The van der Waals surface area contributed by atoms with Gasteiger partial charge in [-0.05, 0) is 25.8 Å². The first-order chi connectivity index (χ1) is 8.75. The molecule has 0 radical (unpaired) electrons. The van der Waals surface area contributed by atoms with Crippen LogP contribution in [0.3, 0.4) is 0 Å². The molecule has 0 bridgehead atoms. The fourth-order valence-electron chi connectivity index (χ4n) is 1.36. The number of terminal acetylenes is 1. The second-order valence-corrected chi connectivity index (χ2v) is 4.52. The number of hydrogen-bond acceptors (Lipinski definition) is 2. The highest BCUT2D eigenvalue weighted by Crippen LogP contribution is 2.35. The van der Waals surface area contributed by atoms with E-state index in [-0.39, 0.29) is 11.3 Å². The molecule has 1 saturated carbocycles. The minimum absolute atomic E-state index is 0.0552. The molecule has 2 nitrogen and oxygen atoms in total. The van der Waals surface area contributed by atoms with Crippen molar-refractivity contribution < 1.29 is 18.3 Å². The van der Waals surface area contributed by atoms with Crippen molar-refractivity contribution in [3.05, 3.63) is 29.3 Å². The maximum Gasteiger partial charge on any atom is 0.418 e. The van der Waals surface area contributed by atoms with Gasteiger partial charge in [-0.2, -0.15) is 13.2 Å². The van der Waals surface area contributed by atoms with Crippen molar-refractivity contribution in [2.24, 2.45) is 5.92 Å². The van der Waals surface area contributed by atoms with Gasteiger partial charge < -0.3 is 10.8 Å². The van der Waals surface area contributed by atoms with Gasteiger partial charge in [0.15, 0.2) is 6.10 Å². The number of rotatable bonds is 1. The average Bonchev–Trinajstić information content (AvgIpc) is 3.14. The Kier molecular flexibility index (Phi) is 4.84. The zero-order chi connectivity index (χ0) is 14.6. The van der Waals surface area contributed by atoms with Gasteiger partial charge in [-0.3, -0.25) is 0 Å². The molecule has 5 heteroatoms. The molecule has 104 valence electrons. The van der Waals surface area contributed by atoms with Crippen molar-refractivity contribution in [1.29, 1.82) is 0 Å². The molecular formula is C14H16F3NO. The summed E-state index contributed by atoms with van der Waals surface area (Å²) >= 11 is 0. The minimum Gasteiger partial charge on any atom is -0.398 e. The number of aryl methyl sites for hydroxylation is 1. The van der Waals surface area contributed by atoms with E-state index in [0.29, 0.717) is 11.5 Å². The van der Waals surface area contributed by atoms with E-state index in [1.54, 1.807) is 13.0 Å². The molecule has 3 N–H and O–H groups in total. The third kappa shape index (κ3) is 4.84. The maximum absolute atomic E-state index is 12.1. The minimum atomic E-state index is -4.68. The summed E-state index contributed by atoms with van der Waals surface area (Å²) in [6.07, 6.45) is 0.342. The lowest BCUT2D eigenvalue weighted by molar-refractivity contribution is -0.206. The molecule has 0 saturated heterocycles. The van der Waals surface area contributed by atoms with Gasteiger partial charge in [0.05, 0.1) is 0 Å². The van der Waals surface area contributed by atoms with Crippen LogP contribution in [-0.2, 0) is 0 Å². The fraction of sp³-hybridized carbons (Fsp3) is 0.429. The summed E-state index contributed by atoms with van der Waals surface area (Å²) in [6, 6.07) is 4.16. The van der Waals surface area contributed by atoms with E-state index >= 15 is 0 Å². The Morgan fingerprint density at radius 2 is 2.00 bits per heavy atom. The van der Waals surface area contributed by atoms with Gasteiger partial charge in [0.1, 0.15) is 0 Å². The predicted molar refractivity (Wildman–Crippen MR) is 68.2 cm³/mol. The highest BCUT2D eigenvalue weighted by molar-refractivity contribution is 5.50. The largest absolute Gasteiger partial charge is 0.418 e. The van der Waals surface area contributed by atoms with Gasteiger partial charge in [0.2, 0.25) is 0 Å². The normalized spacial score (nSPS) is 16.0. The van der Waals surface area contributed by atoms with Crippen molar-refractivity contribution in [2.75, 3.05) is 5.73 Å². The number of hydrogen-bond donors (Lipinski definition) is 2. The summed E-state index contributed by atoms with van der Waals surface area (Å²) in [5.74, 6) is 3.30. The van der Waals surface area contributed by atoms with E-state index in [0.717, 1.165) is 0 Å². The smallest absolute Gasteiger partial charge is 0.398 e. The van der Waals surface area contributed by atoms with E-state index in [4.69, 9.17) is 17.3 Å². The Labute approximate surface area is 110 Å². The number of anilines is 1. The number of nitrogens with two attached hydrogens (primary N) is 1. The molecule has 0 heterocycles. The number of aliphatic hydroxyl groups excluding tert-OH is 1. The van der Waals surface area contributed by atoms with Gasteiger partial charge in [0.25, 0.3) is 0 Å². The van der Waals surface area contributed by atoms with E-state index < -0.39 is 12.3 Å². The third-order valence-corrected chi connectivity index (χ3v) is 2.66. The zero-order valence-corrected chi connectivity index (χ0v) is 10.5. The molecule has 0 aromatic heterocycles. The Morgan fingerprint density at radius 1 is 1.42 bits per heavy atom. The summed E-state index contributed by atoms with van der Waals surface area (Å²) in [5.41, 5.74) is 5.60. The van der Waals surface area contributed by atoms with Crippen LogP contribution in [0.5, 0.6) is 0 Å². The molecule has 1 aromatic rings. The molecule has 19 heavy (non-hydrogen) atoms. The van der Waals surface area contributed by atoms with E-state index in [1.165, 1.54) is 25.0 Å². The number of benzene rings is 1. The summed E-state index contributed by atoms with van der Waals surface area (Å²) in [4.78, 5) is 0. The lowest BCUT2D eigenvalue weighted by Crippen LogP contribution is -2.21. The Bertz CT molecular complexity index is 473. The van der Waals surface area contributed by atoms with Gasteiger partial charge in [-0.25, -0.2) is 0 Å². The first-order valence-corrected chi connectivity index (χ1v) is 5.82.